The molecule has 0 spiro atoms. The zero-order valence-corrected chi connectivity index (χ0v) is 18.7. The first-order valence-corrected chi connectivity index (χ1v) is 11.8. The Morgan fingerprint density at radius 2 is 1.25 bits per heavy atom. The van der Waals surface area contributed by atoms with Crippen molar-refractivity contribution in [2.45, 2.75) is 30.6 Å². The van der Waals surface area contributed by atoms with E-state index in [1.165, 1.54) is 24.3 Å². The predicted molar refractivity (Wildman–Crippen MR) is 106 cm³/mol. The third-order valence-corrected chi connectivity index (χ3v) is 8.89. The van der Waals surface area contributed by atoms with E-state index in [-0.39, 0.29) is 28.7 Å². The zero-order chi connectivity index (χ0) is 20.1. The van der Waals surface area contributed by atoms with Gasteiger partial charge in [0, 0.05) is 0 Å². The fourth-order valence-corrected chi connectivity index (χ4v) is 6.42. The third kappa shape index (κ3) is 5.55. The van der Waals surface area contributed by atoms with Crippen molar-refractivity contribution < 1.29 is 34.1 Å². The average molecular weight is 447 g/mol. The van der Waals surface area contributed by atoms with Crippen LogP contribution in [0, 0.1) is 6.92 Å². The number of likely N-dealkylation sites (N-methyl/N-ethyl adjacent to an activating group) is 1. The number of nitrogens with one attached hydrogen (secondary N) is 1. The normalized spacial score (nSPS) is 12.2. The summed E-state index contributed by atoms with van der Waals surface area (Å²) in [5, 5.41) is 0. The molecule has 0 aromatic heterocycles. The molecule has 0 aliphatic rings. The van der Waals surface area contributed by atoms with E-state index in [4.69, 9.17) is 0 Å². The van der Waals surface area contributed by atoms with E-state index in [2.05, 4.69) is 0 Å². The maximum absolute atomic E-state index is 13.2. The van der Waals surface area contributed by atoms with Crippen LogP contribution in [0.5, 0.6) is 0 Å². The van der Waals surface area contributed by atoms with Crippen molar-refractivity contribution in [1.82, 2.24) is 3.71 Å². The Balaban J connectivity index is 0.00000392. The number of hydrogen-bond acceptors (Lipinski definition) is 4. The molecule has 9 heteroatoms. The van der Waals surface area contributed by atoms with Crippen LogP contribution in [0.1, 0.15) is 19.4 Å². The SMILES string of the molecule is CC[NH+](CC)CCN(S(=O)(=O)c1ccccc1)S(=O)(=O)c1ccc(C)cc1.[Cl-]. The van der Waals surface area contributed by atoms with Crippen LogP contribution in [0.15, 0.2) is 64.4 Å². The van der Waals surface area contributed by atoms with Gasteiger partial charge in [0.05, 0.1) is 36.0 Å². The maximum atomic E-state index is 13.2. The molecular weight excluding hydrogens is 420 g/mol. The molecule has 0 atom stereocenters. The zero-order valence-electron chi connectivity index (χ0n) is 16.3. The quantitative estimate of drug-likeness (QED) is 0.498. The molecule has 0 bridgehead atoms. The largest absolute Gasteiger partial charge is 1.00 e. The number of hydrogen-bond donors (Lipinski definition) is 1. The first-order valence-electron chi connectivity index (χ1n) is 8.96. The summed E-state index contributed by atoms with van der Waals surface area (Å²) in [5.41, 5.74) is 0.902. The molecule has 0 aliphatic heterocycles. The highest BCUT2D eigenvalue weighted by Gasteiger charge is 2.37. The highest BCUT2D eigenvalue weighted by atomic mass is 35.5. The monoisotopic (exact) mass is 446 g/mol. The minimum Gasteiger partial charge on any atom is -1.00 e. The molecule has 0 saturated carbocycles. The smallest absolute Gasteiger partial charge is 0.256 e. The lowest BCUT2D eigenvalue weighted by molar-refractivity contribution is -0.895. The summed E-state index contributed by atoms with van der Waals surface area (Å²) in [7, 11) is -8.40. The average Bonchev–Trinajstić information content (AvgIpc) is 2.66. The van der Waals surface area contributed by atoms with Crippen molar-refractivity contribution in [3.63, 3.8) is 0 Å². The molecular formula is C19H27ClN2O4S2. The molecule has 0 aliphatic carbocycles. The summed E-state index contributed by atoms with van der Waals surface area (Å²) in [5.74, 6) is 0. The van der Waals surface area contributed by atoms with Crippen LogP contribution in [-0.4, -0.2) is 46.7 Å². The third-order valence-electron chi connectivity index (χ3n) is 4.54. The molecule has 0 saturated heterocycles. The van der Waals surface area contributed by atoms with Crippen LogP contribution in [0.4, 0.5) is 0 Å². The molecule has 2 aromatic rings. The Bertz CT molecular complexity index is 943. The Morgan fingerprint density at radius 1 is 0.786 bits per heavy atom. The van der Waals surface area contributed by atoms with Gasteiger partial charge in [0.15, 0.2) is 0 Å². The van der Waals surface area contributed by atoms with Crippen LogP contribution in [-0.2, 0) is 20.0 Å². The minimum absolute atomic E-state index is 0. The van der Waals surface area contributed by atoms with Crippen molar-refractivity contribution in [2.24, 2.45) is 0 Å². The Morgan fingerprint density at radius 3 is 1.71 bits per heavy atom. The number of nitrogens with zero attached hydrogens (tertiary/aromatic N) is 1. The van der Waals surface area contributed by atoms with Gasteiger partial charge in [-0.2, -0.15) is 0 Å². The molecule has 0 unspecified atom stereocenters. The second-order valence-electron chi connectivity index (χ2n) is 6.34. The van der Waals surface area contributed by atoms with Crippen molar-refractivity contribution >= 4 is 20.0 Å². The van der Waals surface area contributed by atoms with Gasteiger partial charge in [-0.1, -0.05) is 39.6 Å². The van der Waals surface area contributed by atoms with Gasteiger partial charge in [0.25, 0.3) is 20.0 Å². The number of quaternary nitrogens is 1. The van der Waals surface area contributed by atoms with Crippen molar-refractivity contribution in [2.75, 3.05) is 26.2 Å². The topological polar surface area (TPSA) is 76.0 Å². The lowest BCUT2D eigenvalue weighted by Gasteiger charge is -2.24. The highest BCUT2D eigenvalue weighted by Crippen LogP contribution is 2.24. The van der Waals surface area contributed by atoms with Gasteiger partial charge >= 0.3 is 0 Å². The second kappa shape index (κ2) is 10.4. The van der Waals surface area contributed by atoms with Gasteiger partial charge in [-0.3, -0.25) is 0 Å². The van der Waals surface area contributed by atoms with Gasteiger partial charge in [0.1, 0.15) is 0 Å². The van der Waals surface area contributed by atoms with E-state index in [9.17, 15) is 16.8 Å². The first-order chi connectivity index (χ1) is 12.7. The summed E-state index contributed by atoms with van der Waals surface area (Å²) < 4.78 is 53.3. The molecule has 2 aromatic carbocycles. The fraction of sp³-hybridized carbons (Fsp3) is 0.368. The molecule has 1 N–H and O–H groups in total. The van der Waals surface area contributed by atoms with Gasteiger partial charge in [-0.05, 0) is 45.0 Å². The fourth-order valence-electron chi connectivity index (χ4n) is 2.76. The summed E-state index contributed by atoms with van der Waals surface area (Å²) in [6, 6.07) is 13.9. The van der Waals surface area contributed by atoms with E-state index < -0.39 is 20.0 Å². The summed E-state index contributed by atoms with van der Waals surface area (Å²) in [6.45, 7) is 7.71. The molecule has 0 heterocycles. The Hall–Kier alpha value is -1.45. The van der Waals surface area contributed by atoms with Crippen LogP contribution in [0.25, 0.3) is 0 Å². The van der Waals surface area contributed by atoms with E-state index in [0.29, 0.717) is 10.3 Å². The van der Waals surface area contributed by atoms with E-state index >= 15 is 0 Å². The predicted octanol–water partition coefficient (Wildman–Crippen LogP) is -1.70. The molecule has 0 fully saturated rings. The van der Waals surface area contributed by atoms with Crippen LogP contribution in [0.2, 0.25) is 0 Å². The minimum atomic E-state index is -4.20. The summed E-state index contributed by atoms with van der Waals surface area (Å²) in [4.78, 5) is 1.07. The summed E-state index contributed by atoms with van der Waals surface area (Å²) in [6.07, 6.45) is 0. The van der Waals surface area contributed by atoms with Crippen molar-refractivity contribution in [1.29, 1.82) is 0 Å². The van der Waals surface area contributed by atoms with E-state index in [0.717, 1.165) is 23.6 Å². The Labute approximate surface area is 174 Å². The van der Waals surface area contributed by atoms with Gasteiger partial charge < -0.3 is 17.3 Å². The van der Waals surface area contributed by atoms with Crippen molar-refractivity contribution in [3.05, 3.63) is 60.2 Å². The molecule has 28 heavy (non-hydrogen) atoms. The number of sulfonamides is 2. The number of aryl methyl sites for hydroxylation is 1. The first kappa shape index (κ1) is 24.6. The number of rotatable bonds is 9. The standard InChI is InChI=1S/C19H26N2O4S2.ClH/c1-4-20(5-2)15-16-21(26(22,23)18-9-7-6-8-10-18)27(24,25)19-13-11-17(3)12-14-19;/h6-14H,4-5,15-16H2,1-3H3;1H. The molecule has 0 amide bonds. The lowest BCUT2D eigenvalue weighted by Crippen LogP contribution is -3.12. The van der Waals surface area contributed by atoms with Crippen LogP contribution >= 0.6 is 0 Å². The highest BCUT2D eigenvalue weighted by molar-refractivity contribution is 8.04. The van der Waals surface area contributed by atoms with E-state index in [1.54, 1.807) is 30.3 Å². The van der Waals surface area contributed by atoms with Crippen LogP contribution in [0.3, 0.4) is 0 Å². The number of benzene rings is 2. The number of halogens is 1. The molecule has 2 rings (SSSR count). The van der Waals surface area contributed by atoms with Crippen LogP contribution < -0.4 is 17.3 Å². The molecule has 0 radical (unpaired) electrons. The maximum Gasteiger partial charge on any atom is 0.256 e. The van der Waals surface area contributed by atoms with Gasteiger partial charge in [0.2, 0.25) is 0 Å². The van der Waals surface area contributed by atoms with Gasteiger partial charge in [-0.15, -0.1) is 0 Å². The molecule has 6 nitrogen and oxygen atoms in total. The molecule has 156 valence electrons. The summed E-state index contributed by atoms with van der Waals surface area (Å²) >= 11 is 0. The van der Waals surface area contributed by atoms with Gasteiger partial charge in [-0.25, -0.2) is 16.8 Å². The van der Waals surface area contributed by atoms with Crippen molar-refractivity contribution in [3.8, 4) is 0 Å². The lowest BCUT2D eigenvalue weighted by atomic mass is 10.2. The second-order valence-corrected chi connectivity index (χ2v) is 10.3. The van der Waals surface area contributed by atoms with E-state index in [1.807, 2.05) is 20.8 Å². The Kier molecular flexibility index (Phi) is 9.10.